The van der Waals surface area contributed by atoms with E-state index in [1.807, 2.05) is 0 Å². The van der Waals surface area contributed by atoms with Crippen molar-refractivity contribution in [3.8, 4) is 23.0 Å². The molecule has 0 fully saturated rings. The SMILES string of the molecule is CO[C@@H]1C=CO[C@@]2(C)Oc3c(C)c(O)c4c(O)c(c(C=NN=C(N)N[N+](=O)[O-])c(O)c4c3C2=O)NC(=O)C(C)=CC=C[C@H](C)[C@H](O)[C@H](C)[C@H](O)[C@H](C)[C@@H](OC(C)=O)[C@@H]1C. The third kappa shape index (κ3) is 9.24. The van der Waals surface area contributed by atoms with Gasteiger partial charge in [0.25, 0.3) is 17.6 Å². The number of aliphatic hydroxyl groups excluding tert-OH is 2. The molecule has 0 spiro atoms. The summed E-state index contributed by atoms with van der Waals surface area (Å²) in [5, 5.41) is 76.2. The predicted molar refractivity (Wildman–Crippen MR) is 213 cm³/mol. The number of guanidine groups is 1. The summed E-state index contributed by atoms with van der Waals surface area (Å²) >= 11 is 0. The van der Waals surface area contributed by atoms with Gasteiger partial charge in [0.15, 0.2) is 10.8 Å². The molecule has 9 atom stereocenters. The van der Waals surface area contributed by atoms with Crippen LogP contribution in [-0.2, 0) is 23.8 Å². The first-order chi connectivity index (χ1) is 27.6. The van der Waals surface area contributed by atoms with Gasteiger partial charge >= 0.3 is 11.8 Å². The summed E-state index contributed by atoms with van der Waals surface area (Å²) in [4.78, 5) is 51.0. The minimum atomic E-state index is -2.15. The highest BCUT2D eigenvalue weighted by atomic mass is 16.7. The Morgan fingerprint density at radius 1 is 1.03 bits per heavy atom. The van der Waals surface area contributed by atoms with Crippen LogP contribution >= 0.6 is 0 Å². The number of hydrogen-bond acceptors (Lipinski definition) is 16. The lowest BCUT2D eigenvalue weighted by atomic mass is 9.78. The first kappa shape index (κ1) is 45.5. The molecule has 0 saturated heterocycles. The number of nitro groups is 1. The smallest absolute Gasteiger partial charge is 0.312 e. The number of Topliss-reactive ketones (excluding diaryl/α,β-unsaturated/α-hetero) is 1. The number of anilines is 1. The minimum absolute atomic E-state index is 0.0447. The van der Waals surface area contributed by atoms with E-state index in [2.05, 4.69) is 15.5 Å². The second kappa shape index (κ2) is 18.1. The van der Waals surface area contributed by atoms with E-state index < -0.39 is 122 Å². The molecule has 5 bridgehead atoms. The molecule has 0 radical (unpaired) electrons. The number of esters is 1. The van der Waals surface area contributed by atoms with Crippen LogP contribution in [0.1, 0.15) is 70.0 Å². The number of phenols is 3. The number of fused-ring (bicyclic) bond motifs is 14. The molecule has 20 nitrogen and oxygen atoms in total. The zero-order valence-electron chi connectivity index (χ0n) is 33.9. The number of ketones is 1. The van der Waals surface area contributed by atoms with Crippen molar-refractivity contribution in [3.05, 3.63) is 62.9 Å². The maximum absolute atomic E-state index is 14.3. The number of nitrogens with one attached hydrogen (secondary N) is 2. The summed E-state index contributed by atoms with van der Waals surface area (Å²) in [5.74, 6) is -10.4. The van der Waals surface area contributed by atoms with Crippen molar-refractivity contribution in [2.24, 2.45) is 39.6 Å². The molecular formula is C39H50N6O14. The molecule has 3 aliphatic heterocycles. The number of amides is 1. The molecule has 2 aromatic carbocycles. The topological polar surface area (TPSA) is 307 Å². The van der Waals surface area contributed by atoms with Crippen molar-refractivity contribution in [2.45, 2.75) is 85.6 Å². The molecular weight excluding hydrogens is 776 g/mol. The summed E-state index contributed by atoms with van der Waals surface area (Å²) in [6.45, 7) is 12.0. The molecule has 9 N–H and O–H groups in total. The van der Waals surface area contributed by atoms with Gasteiger partial charge in [-0.3, -0.25) is 14.4 Å². The van der Waals surface area contributed by atoms with Crippen LogP contribution in [0.3, 0.4) is 0 Å². The number of allylic oxidation sites excluding steroid dienone is 2. The van der Waals surface area contributed by atoms with Gasteiger partial charge in [0, 0.05) is 61.2 Å². The average Bonchev–Trinajstić information content (AvgIpc) is 3.43. The summed E-state index contributed by atoms with van der Waals surface area (Å²) < 4.78 is 23.3. The number of carbonyl (C=O) groups is 3. The summed E-state index contributed by atoms with van der Waals surface area (Å²) in [6, 6.07) is 0. The van der Waals surface area contributed by atoms with Gasteiger partial charge in [-0.05, 0) is 19.9 Å². The van der Waals surface area contributed by atoms with E-state index >= 15 is 0 Å². The average molecular weight is 827 g/mol. The lowest BCUT2D eigenvalue weighted by Crippen LogP contribution is -2.46. The van der Waals surface area contributed by atoms with Crippen LogP contribution in [0, 0.1) is 40.7 Å². The number of nitrogens with zero attached hydrogens (tertiary/aromatic N) is 3. The third-order valence-electron chi connectivity index (χ3n) is 10.6. The number of hydrogen-bond donors (Lipinski definition) is 8. The number of benzene rings is 2. The number of carbonyl (C=O) groups excluding carboxylic acids is 3. The number of aliphatic hydroxyl groups is 2. The van der Waals surface area contributed by atoms with E-state index in [1.165, 1.54) is 53.0 Å². The summed E-state index contributed by atoms with van der Waals surface area (Å²) in [5.41, 5.74) is 5.72. The van der Waals surface area contributed by atoms with Crippen LogP contribution in [0.2, 0.25) is 0 Å². The zero-order valence-corrected chi connectivity index (χ0v) is 33.9. The molecule has 0 aromatic heterocycles. The Morgan fingerprint density at radius 2 is 1.69 bits per heavy atom. The Bertz CT molecular complexity index is 2170. The standard InChI is InChI=1S/C39H50N6O14/c1-16-11-10-12-17(2)37(53)42-28-23(15-41-43-38(40)44-45(54)55)32(50)25-26(33(28)51)31(49)21(6)35-27(25)36(52)39(8,59-35)57-14-13-24(56-9)18(3)34(58-22(7)46)20(5)30(48)19(4)29(16)47/h10-16,18-20,24,29-30,34,47-51H,1-9H3,(H,42,53)(H3,40,43,44)/t16-,18+,19-,20-,24+,29-,30-,34-,39-/m0/s1. The molecule has 20 heteroatoms. The van der Waals surface area contributed by atoms with Crippen molar-refractivity contribution >= 4 is 46.3 Å². The van der Waals surface area contributed by atoms with Crippen molar-refractivity contribution in [3.63, 3.8) is 0 Å². The largest absolute Gasteiger partial charge is 0.507 e. The number of methoxy groups -OCH3 is 1. The Kier molecular flexibility index (Phi) is 14.0. The number of nitrogens with two attached hydrogens (primary N) is 1. The number of rotatable bonds is 5. The fourth-order valence-corrected chi connectivity index (χ4v) is 7.14. The molecule has 1 amide bonds. The third-order valence-corrected chi connectivity index (χ3v) is 10.6. The Balaban J connectivity index is 1.99. The van der Waals surface area contributed by atoms with Crippen molar-refractivity contribution in [2.75, 3.05) is 12.4 Å². The lowest BCUT2D eigenvalue weighted by Gasteiger charge is -2.38. The minimum Gasteiger partial charge on any atom is -0.507 e. The van der Waals surface area contributed by atoms with Crippen LogP contribution in [0.25, 0.3) is 10.8 Å². The molecule has 0 saturated carbocycles. The van der Waals surface area contributed by atoms with E-state index in [4.69, 9.17) is 24.7 Å². The monoisotopic (exact) mass is 826 g/mol. The molecule has 59 heavy (non-hydrogen) atoms. The number of hydrazine groups is 1. The molecule has 3 aliphatic rings. The van der Waals surface area contributed by atoms with Crippen LogP contribution < -0.4 is 21.2 Å². The maximum Gasteiger partial charge on any atom is 0.312 e. The predicted octanol–water partition coefficient (Wildman–Crippen LogP) is 3.18. The first-order valence-corrected chi connectivity index (χ1v) is 18.4. The molecule has 5 rings (SSSR count). The van der Waals surface area contributed by atoms with Gasteiger partial charge in [-0.25, -0.2) is 10.1 Å². The van der Waals surface area contributed by atoms with Gasteiger partial charge in [0.1, 0.15) is 23.4 Å². The molecule has 2 aromatic rings. The van der Waals surface area contributed by atoms with E-state index in [1.54, 1.807) is 39.2 Å². The molecule has 3 heterocycles. The normalized spacial score (nSPS) is 28.3. The van der Waals surface area contributed by atoms with Crippen LogP contribution in [0.5, 0.6) is 23.0 Å². The molecule has 320 valence electrons. The number of aromatic hydroxyl groups is 3. The molecule has 0 unspecified atom stereocenters. The molecule has 0 aliphatic carbocycles. The van der Waals surface area contributed by atoms with E-state index in [-0.39, 0.29) is 22.4 Å². The highest BCUT2D eigenvalue weighted by Gasteiger charge is 2.50. The van der Waals surface area contributed by atoms with Gasteiger partial charge in [-0.2, -0.15) is 5.10 Å². The highest BCUT2D eigenvalue weighted by molar-refractivity contribution is 6.23. The second-order valence-electron chi connectivity index (χ2n) is 14.7. The Morgan fingerprint density at radius 3 is 2.31 bits per heavy atom. The quantitative estimate of drug-likeness (QED) is 0.0408. The second-order valence-corrected chi connectivity index (χ2v) is 14.7. The first-order valence-electron chi connectivity index (χ1n) is 18.4. The maximum atomic E-state index is 14.3. The Labute approximate surface area is 338 Å². The summed E-state index contributed by atoms with van der Waals surface area (Å²) in [6.07, 6.45) is 3.73. The van der Waals surface area contributed by atoms with Crippen molar-refractivity contribution in [1.29, 1.82) is 0 Å². The lowest BCUT2D eigenvalue weighted by molar-refractivity contribution is -0.525. The van der Waals surface area contributed by atoms with Gasteiger partial charge < -0.3 is 55.5 Å². The van der Waals surface area contributed by atoms with Crippen molar-refractivity contribution in [1.82, 2.24) is 5.43 Å². The van der Waals surface area contributed by atoms with Crippen LogP contribution in [0.4, 0.5) is 5.69 Å². The summed E-state index contributed by atoms with van der Waals surface area (Å²) in [7, 11) is 1.39. The number of phenolic OH excluding ortho intramolecular Hbond substituents is 3. The fourth-order valence-electron chi connectivity index (χ4n) is 7.14. The van der Waals surface area contributed by atoms with Gasteiger partial charge in [0.2, 0.25) is 0 Å². The van der Waals surface area contributed by atoms with Crippen LogP contribution in [-0.4, -0.2) is 97.7 Å². The van der Waals surface area contributed by atoms with E-state index in [0.717, 1.165) is 12.5 Å². The van der Waals surface area contributed by atoms with E-state index in [0.29, 0.717) is 0 Å². The van der Waals surface area contributed by atoms with Gasteiger partial charge in [0.05, 0.1) is 53.0 Å². The van der Waals surface area contributed by atoms with Crippen LogP contribution in [0.15, 0.2) is 46.3 Å². The number of ether oxygens (including phenoxy) is 4. The highest BCUT2D eigenvalue weighted by Crippen LogP contribution is 2.55. The fraction of sp³-hybridized carbons (Fsp3) is 0.462. The zero-order chi connectivity index (χ0) is 44.3. The van der Waals surface area contributed by atoms with E-state index in [9.17, 15) is 50.0 Å². The van der Waals surface area contributed by atoms with Gasteiger partial charge in [-0.15, -0.1) is 5.10 Å². The van der Waals surface area contributed by atoms with Gasteiger partial charge in [-0.1, -0.05) is 51.3 Å². The Hall–Kier alpha value is -6.25. The van der Waals surface area contributed by atoms with Crippen molar-refractivity contribution < 1.29 is 63.9 Å².